The number of nitrogens with two attached hydrogens (primary N) is 1. The molecule has 0 saturated heterocycles. The van der Waals surface area contributed by atoms with E-state index in [1.807, 2.05) is 24.3 Å². The van der Waals surface area contributed by atoms with E-state index in [1.165, 1.54) is 0 Å². The van der Waals surface area contributed by atoms with Crippen molar-refractivity contribution in [2.45, 2.75) is 19.3 Å². The van der Waals surface area contributed by atoms with Crippen LogP contribution in [0.1, 0.15) is 40.7 Å². The van der Waals surface area contributed by atoms with Gasteiger partial charge in [-0.15, -0.1) is 0 Å². The SMILES string of the molecule is CCC(c1ccc(C(N)=O)cc1)c1ccc(Cl)c(Cl)c1. The maximum Gasteiger partial charge on any atom is 0.248 e. The smallest absolute Gasteiger partial charge is 0.248 e. The first-order valence-electron chi connectivity index (χ1n) is 6.37. The Balaban J connectivity index is 2.36. The minimum Gasteiger partial charge on any atom is -0.366 e. The summed E-state index contributed by atoms with van der Waals surface area (Å²) in [6.45, 7) is 2.11. The summed E-state index contributed by atoms with van der Waals surface area (Å²) < 4.78 is 0. The predicted molar refractivity (Wildman–Crippen MR) is 83.6 cm³/mol. The van der Waals surface area contributed by atoms with Crippen LogP contribution in [0.15, 0.2) is 42.5 Å². The first-order chi connectivity index (χ1) is 9.52. The van der Waals surface area contributed by atoms with E-state index in [2.05, 4.69) is 6.92 Å². The molecular weight excluding hydrogens is 293 g/mol. The number of primary amides is 1. The van der Waals surface area contributed by atoms with Crippen LogP contribution in [0.3, 0.4) is 0 Å². The third kappa shape index (κ3) is 3.14. The molecule has 4 heteroatoms. The standard InChI is InChI=1S/C16H15Cl2NO/c1-2-13(12-7-8-14(17)15(18)9-12)10-3-5-11(6-4-10)16(19)20/h3-9,13H,2H2,1H3,(H2,19,20). The fourth-order valence-corrected chi connectivity index (χ4v) is 2.58. The molecule has 0 aliphatic rings. The van der Waals surface area contributed by atoms with Crippen molar-refractivity contribution in [1.82, 2.24) is 0 Å². The van der Waals surface area contributed by atoms with Gasteiger partial charge < -0.3 is 5.73 Å². The van der Waals surface area contributed by atoms with Crippen molar-refractivity contribution in [3.8, 4) is 0 Å². The summed E-state index contributed by atoms with van der Waals surface area (Å²) in [7, 11) is 0. The number of halogens is 2. The Kier molecular flexibility index (Phi) is 4.69. The summed E-state index contributed by atoms with van der Waals surface area (Å²) in [4.78, 5) is 11.1. The van der Waals surface area contributed by atoms with Crippen LogP contribution in [-0.2, 0) is 0 Å². The van der Waals surface area contributed by atoms with Gasteiger partial charge in [0.25, 0.3) is 0 Å². The third-order valence-electron chi connectivity index (χ3n) is 3.35. The lowest BCUT2D eigenvalue weighted by Crippen LogP contribution is -2.11. The minimum absolute atomic E-state index is 0.215. The molecule has 2 nitrogen and oxygen atoms in total. The lowest BCUT2D eigenvalue weighted by Gasteiger charge is -2.17. The van der Waals surface area contributed by atoms with Crippen molar-refractivity contribution in [3.63, 3.8) is 0 Å². The topological polar surface area (TPSA) is 43.1 Å². The summed E-state index contributed by atoms with van der Waals surface area (Å²) in [6.07, 6.45) is 0.924. The molecule has 0 fully saturated rings. The van der Waals surface area contributed by atoms with Crippen LogP contribution < -0.4 is 5.73 Å². The zero-order valence-electron chi connectivity index (χ0n) is 11.1. The summed E-state index contributed by atoms with van der Waals surface area (Å²) in [5.74, 6) is -0.203. The van der Waals surface area contributed by atoms with Gasteiger partial charge in [0.1, 0.15) is 0 Å². The quantitative estimate of drug-likeness (QED) is 0.879. The molecule has 0 aromatic heterocycles. The molecule has 0 bridgehead atoms. The molecule has 0 saturated carbocycles. The van der Waals surface area contributed by atoms with Crippen LogP contribution in [0.4, 0.5) is 0 Å². The molecule has 0 radical (unpaired) electrons. The van der Waals surface area contributed by atoms with Crippen LogP contribution in [0.5, 0.6) is 0 Å². The lowest BCUT2D eigenvalue weighted by atomic mass is 9.89. The Morgan fingerprint density at radius 2 is 1.65 bits per heavy atom. The normalized spacial score (nSPS) is 12.2. The van der Waals surface area contributed by atoms with Gasteiger partial charge in [0, 0.05) is 11.5 Å². The predicted octanol–water partition coefficient (Wildman–Crippen LogP) is 4.63. The van der Waals surface area contributed by atoms with Crippen molar-refractivity contribution >= 4 is 29.1 Å². The van der Waals surface area contributed by atoms with E-state index >= 15 is 0 Å². The van der Waals surface area contributed by atoms with Gasteiger partial charge in [-0.2, -0.15) is 0 Å². The molecule has 2 N–H and O–H groups in total. The maximum absolute atomic E-state index is 11.1. The average molecular weight is 308 g/mol. The Labute approximate surface area is 128 Å². The fraction of sp³-hybridized carbons (Fsp3) is 0.188. The second-order valence-corrected chi connectivity index (χ2v) is 5.44. The van der Waals surface area contributed by atoms with Crippen molar-refractivity contribution in [2.75, 3.05) is 0 Å². The molecule has 2 aromatic carbocycles. The van der Waals surface area contributed by atoms with Crippen molar-refractivity contribution in [1.29, 1.82) is 0 Å². The maximum atomic E-state index is 11.1. The molecule has 0 aliphatic carbocycles. The Bertz CT molecular complexity index is 623. The van der Waals surface area contributed by atoms with Gasteiger partial charge in [-0.25, -0.2) is 0 Å². The van der Waals surface area contributed by atoms with E-state index in [4.69, 9.17) is 28.9 Å². The van der Waals surface area contributed by atoms with Crippen molar-refractivity contribution in [2.24, 2.45) is 5.73 Å². The van der Waals surface area contributed by atoms with E-state index in [-0.39, 0.29) is 5.92 Å². The second-order valence-electron chi connectivity index (χ2n) is 4.62. The van der Waals surface area contributed by atoms with Gasteiger partial charge in [-0.1, -0.05) is 48.3 Å². The van der Waals surface area contributed by atoms with E-state index in [9.17, 15) is 4.79 Å². The highest BCUT2D eigenvalue weighted by atomic mass is 35.5. The number of hydrogen-bond donors (Lipinski definition) is 1. The average Bonchev–Trinajstić information content (AvgIpc) is 2.44. The number of carbonyl (C=O) groups is 1. The van der Waals surface area contributed by atoms with E-state index in [1.54, 1.807) is 18.2 Å². The summed E-state index contributed by atoms with van der Waals surface area (Å²) in [6, 6.07) is 13.0. The van der Waals surface area contributed by atoms with Crippen LogP contribution in [-0.4, -0.2) is 5.91 Å². The van der Waals surface area contributed by atoms with E-state index in [0.29, 0.717) is 15.6 Å². The van der Waals surface area contributed by atoms with Gasteiger partial charge in [0.2, 0.25) is 5.91 Å². The van der Waals surface area contributed by atoms with Crippen molar-refractivity contribution < 1.29 is 4.79 Å². The highest BCUT2D eigenvalue weighted by molar-refractivity contribution is 6.42. The van der Waals surface area contributed by atoms with E-state index < -0.39 is 5.91 Å². The second kappa shape index (κ2) is 6.29. The fourth-order valence-electron chi connectivity index (χ4n) is 2.27. The highest BCUT2D eigenvalue weighted by Gasteiger charge is 2.14. The first kappa shape index (κ1) is 14.9. The number of carbonyl (C=O) groups excluding carboxylic acids is 1. The summed E-state index contributed by atoms with van der Waals surface area (Å²) in [5.41, 5.74) is 7.99. The zero-order chi connectivity index (χ0) is 14.7. The number of hydrogen-bond acceptors (Lipinski definition) is 1. The van der Waals surface area contributed by atoms with Gasteiger partial charge in [-0.3, -0.25) is 4.79 Å². The van der Waals surface area contributed by atoms with E-state index in [0.717, 1.165) is 17.5 Å². The first-order valence-corrected chi connectivity index (χ1v) is 7.13. The molecule has 0 heterocycles. The van der Waals surface area contributed by atoms with Crippen LogP contribution in [0.25, 0.3) is 0 Å². The molecule has 1 atom stereocenters. The summed E-state index contributed by atoms with van der Waals surface area (Å²) >= 11 is 12.0. The van der Waals surface area contributed by atoms with Gasteiger partial charge >= 0.3 is 0 Å². The summed E-state index contributed by atoms with van der Waals surface area (Å²) in [5, 5.41) is 1.10. The van der Waals surface area contributed by atoms with Crippen LogP contribution in [0, 0.1) is 0 Å². The van der Waals surface area contributed by atoms with Gasteiger partial charge in [0.05, 0.1) is 10.0 Å². The third-order valence-corrected chi connectivity index (χ3v) is 4.09. The molecule has 20 heavy (non-hydrogen) atoms. The molecule has 1 amide bonds. The Morgan fingerprint density at radius 3 is 2.15 bits per heavy atom. The monoisotopic (exact) mass is 307 g/mol. The molecule has 0 aliphatic heterocycles. The molecule has 1 unspecified atom stereocenters. The lowest BCUT2D eigenvalue weighted by molar-refractivity contribution is 0.100. The molecule has 0 spiro atoms. The Morgan fingerprint density at radius 1 is 1.05 bits per heavy atom. The Hall–Kier alpha value is -1.51. The molecule has 104 valence electrons. The van der Waals surface area contributed by atoms with Crippen molar-refractivity contribution in [3.05, 3.63) is 69.2 Å². The number of rotatable bonds is 4. The number of amides is 1. The number of benzene rings is 2. The van der Waals surface area contributed by atoms with Gasteiger partial charge in [-0.05, 0) is 41.8 Å². The highest BCUT2D eigenvalue weighted by Crippen LogP contribution is 2.32. The van der Waals surface area contributed by atoms with Gasteiger partial charge in [0.15, 0.2) is 0 Å². The molecule has 2 aromatic rings. The van der Waals surface area contributed by atoms with Crippen LogP contribution in [0.2, 0.25) is 10.0 Å². The molecule has 2 rings (SSSR count). The largest absolute Gasteiger partial charge is 0.366 e. The zero-order valence-corrected chi connectivity index (χ0v) is 12.6. The molecular formula is C16H15Cl2NO. The minimum atomic E-state index is -0.417. The van der Waals surface area contributed by atoms with Crippen LogP contribution >= 0.6 is 23.2 Å².